The van der Waals surface area contributed by atoms with Gasteiger partial charge in [0.15, 0.2) is 0 Å². The van der Waals surface area contributed by atoms with Gasteiger partial charge in [0, 0.05) is 24.8 Å². The molecule has 0 radical (unpaired) electrons. The van der Waals surface area contributed by atoms with Crippen LogP contribution in [0.2, 0.25) is 0 Å². The second kappa shape index (κ2) is 6.01. The summed E-state index contributed by atoms with van der Waals surface area (Å²) in [6.07, 6.45) is 4.08. The van der Waals surface area contributed by atoms with Crippen LogP contribution in [0.15, 0.2) is 24.3 Å². The first-order valence-corrected chi connectivity index (χ1v) is 6.75. The summed E-state index contributed by atoms with van der Waals surface area (Å²) in [6, 6.07) is 8.44. The van der Waals surface area contributed by atoms with Crippen molar-refractivity contribution in [3.05, 3.63) is 29.8 Å². The van der Waals surface area contributed by atoms with Crippen molar-refractivity contribution in [3.63, 3.8) is 0 Å². The third-order valence-corrected chi connectivity index (χ3v) is 3.59. The van der Waals surface area contributed by atoms with E-state index in [1.165, 1.54) is 5.56 Å². The Morgan fingerprint density at radius 1 is 1.39 bits per heavy atom. The minimum atomic E-state index is 0.166. The Labute approximate surface area is 108 Å². The number of carbonyl (C=O) groups excluding carboxylic acids is 1. The molecule has 1 N–H and O–H groups in total. The number of anilines is 1. The molecule has 1 amide bonds. The maximum Gasteiger partial charge on any atom is 0.227 e. The largest absolute Gasteiger partial charge is 0.396 e. The molecule has 0 aliphatic carbocycles. The van der Waals surface area contributed by atoms with E-state index in [2.05, 4.69) is 13.0 Å². The van der Waals surface area contributed by atoms with Gasteiger partial charge in [-0.2, -0.15) is 0 Å². The molecule has 3 heteroatoms. The maximum atomic E-state index is 12.3. The zero-order valence-corrected chi connectivity index (χ0v) is 10.9. The minimum Gasteiger partial charge on any atom is -0.396 e. The Bertz CT molecular complexity index is 417. The standard InChI is InChI=1S/C15H21NO2/c1-12-9-10-13-6-2-3-7-14(13)16(12)15(18)8-4-5-11-17/h2-3,6-7,12,17H,4-5,8-11H2,1H3. The number of nitrogens with zero attached hydrogens (tertiary/aromatic N) is 1. The summed E-state index contributed by atoms with van der Waals surface area (Å²) in [5.74, 6) is 0.183. The summed E-state index contributed by atoms with van der Waals surface area (Å²) in [7, 11) is 0. The van der Waals surface area contributed by atoms with Crippen molar-refractivity contribution in [1.29, 1.82) is 0 Å². The molecule has 1 aliphatic rings. The lowest BCUT2D eigenvalue weighted by Crippen LogP contribution is -2.42. The number of rotatable bonds is 4. The number of hydrogen-bond acceptors (Lipinski definition) is 2. The molecule has 0 bridgehead atoms. The van der Waals surface area contributed by atoms with Crippen LogP contribution in [0, 0.1) is 0 Å². The molecule has 1 unspecified atom stereocenters. The molecule has 0 saturated heterocycles. The van der Waals surface area contributed by atoms with Crippen molar-refractivity contribution in [2.45, 2.75) is 45.1 Å². The van der Waals surface area contributed by atoms with Crippen LogP contribution in [0.5, 0.6) is 0 Å². The predicted molar refractivity (Wildman–Crippen MR) is 72.6 cm³/mol. The minimum absolute atomic E-state index is 0.166. The van der Waals surface area contributed by atoms with Gasteiger partial charge < -0.3 is 10.0 Å². The Morgan fingerprint density at radius 2 is 2.17 bits per heavy atom. The van der Waals surface area contributed by atoms with E-state index in [-0.39, 0.29) is 18.6 Å². The number of para-hydroxylation sites is 1. The van der Waals surface area contributed by atoms with Crippen molar-refractivity contribution in [1.82, 2.24) is 0 Å². The molecule has 98 valence electrons. The topological polar surface area (TPSA) is 40.5 Å². The molecule has 3 nitrogen and oxygen atoms in total. The first-order valence-electron chi connectivity index (χ1n) is 6.75. The van der Waals surface area contributed by atoms with Gasteiger partial charge in [-0.1, -0.05) is 18.2 Å². The van der Waals surface area contributed by atoms with E-state index in [0.717, 1.165) is 24.9 Å². The summed E-state index contributed by atoms with van der Waals surface area (Å²) in [4.78, 5) is 14.2. The van der Waals surface area contributed by atoms with Crippen LogP contribution in [-0.2, 0) is 11.2 Å². The quantitative estimate of drug-likeness (QED) is 0.831. The highest BCUT2D eigenvalue weighted by Gasteiger charge is 2.27. The van der Waals surface area contributed by atoms with Crippen LogP contribution in [0.4, 0.5) is 5.69 Å². The van der Waals surface area contributed by atoms with Crippen molar-refractivity contribution < 1.29 is 9.90 Å². The molecule has 2 rings (SSSR count). The Morgan fingerprint density at radius 3 is 2.94 bits per heavy atom. The predicted octanol–water partition coefficient (Wildman–Crippen LogP) is 2.52. The summed E-state index contributed by atoms with van der Waals surface area (Å²) in [6.45, 7) is 2.28. The molecule has 0 aromatic heterocycles. The van der Waals surface area contributed by atoms with Crippen molar-refractivity contribution in [2.24, 2.45) is 0 Å². The van der Waals surface area contributed by atoms with Crippen LogP contribution < -0.4 is 4.90 Å². The van der Waals surface area contributed by atoms with Gasteiger partial charge in [0.25, 0.3) is 0 Å². The average Bonchev–Trinajstić information content (AvgIpc) is 2.38. The SMILES string of the molecule is CC1CCc2ccccc2N1C(=O)CCCCO. The normalized spacial score (nSPS) is 18.6. The maximum absolute atomic E-state index is 12.3. The van der Waals surface area contributed by atoms with Crippen molar-refractivity contribution in [3.8, 4) is 0 Å². The molecule has 1 atom stereocenters. The number of fused-ring (bicyclic) bond motifs is 1. The number of benzene rings is 1. The number of aryl methyl sites for hydroxylation is 1. The molecule has 1 aromatic rings. The first kappa shape index (κ1) is 13.1. The molecule has 0 spiro atoms. The third-order valence-electron chi connectivity index (χ3n) is 3.59. The Hall–Kier alpha value is -1.35. The van der Waals surface area contributed by atoms with E-state index >= 15 is 0 Å². The van der Waals surface area contributed by atoms with E-state index in [1.807, 2.05) is 23.1 Å². The van der Waals surface area contributed by atoms with Crippen LogP contribution in [0.25, 0.3) is 0 Å². The molecule has 18 heavy (non-hydrogen) atoms. The van der Waals surface area contributed by atoms with Gasteiger partial charge in [-0.3, -0.25) is 4.79 Å². The first-order chi connectivity index (χ1) is 8.74. The molecule has 1 aliphatic heterocycles. The highest BCUT2D eigenvalue weighted by molar-refractivity contribution is 5.95. The fourth-order valence-corrected chi connectivity index (χ4v) is 2.58. The van der Waals surface area contributed by atoms with Crippen molar-refractivity contribution in [2.75, 3.05) is 11.5 Å². The van der Waals surface area contributed by atoms with E-state index in [1.54, 1.807) is 0 Å². The summed E-state index contributed by atoms with van der Waals surface area (Å²) >= 11 is 0. The second-order valence-corrected chi connectivity index (χ2v) is 4.96. The van der Waals surface area contributed by atoms with Crippen molar-refractivity contribution >= 4 is 11.6 Å². The molecule has 0 fully saturated rings. The van der Waals surface area contributed by atoms with Crippen LogP contribution >= 0.6 is 0 Å². The van der Waals surface area contributed by atoms with Gasteiger partial charge in [-0.15, -0.1) is 0 Å². The number of aliphatic hydroxyl groups excluding tert-OH is 1. The van der Waals surface area contributed by atoms with Gasteiger partial charge in [0.1, 0.15) is 0 Å². The smallest absolute Gasteiger partial charge is 0.227 e. The van der Waals surface area contributed by atoms with Gasteiger partial charge in [0.2, 0.25) is 5.91 Å². The number of aliphatic hydroxyl groups is 1. The van der Waals surface area contributed by atoms with Gasteiger partial charge >= 0.3 is 0 Å². The lowest BCUT2D eigenvalue weighted by molar-refractivity contribution is -0.119. The molecule has 1 heterocycles. The summed E-state index contributed by atoms with van der Waals surface area (Å²) in [5, 5.41) is 8.77. The number of unbranched alkanes of at least 4 members (excludes halogenated alkanes) is 1. The Kier molecular flexibility index (Phi) is 4.37. The van der Waals surface area contributed by atoms with E-state index in [0.29, 0.717) is 12.8 Å². The lowest BCUT2D eigenvalue weighted by Gasteiger charge is -2.35. The zero-order valence-electron chi connectivity index (χ0n) is 10.9. The second-order valence-electron chi connectivity index (χ2n) is 4.96. The molecule has 1 aromatic carbocycles. The monoisotopic (exact) mass is 247 g/mol. The van der Waals surface area contributed by atoms with Gasteiger partial charge in [0.05, 0.1) is 0 Å². The fraction of sp³-hybridized carbons (Fsp3) is 0.533. The van der Waals surface area contributed by atoms with Crippen LogP contribution in [0.1, 0.15) is 38.2 Å². The van der Waals surface area contributed by atoms with Gasteiger partial charge in [-0.25, -0.2) is 0 Å². The third kappa shape index (κ3) is 2.72. The molecular weight excluding hydrogens is 226 g/mol. The fourth-order valence-electron chi connectivity index (χ4n) is 2.58. The summed E-state index contributed by atoms with van der Waals surface area (Å²) < 4.78 is 0. The molecule has 0 saturated carbocycles. The van der Waals surface area contributed by atoms with E-state index in [4.69, 9.17) is 5.11 Å². The zero-order chi connectivity index (χ0) is 13.0. The number of hydrogen-bond donors (Lipinski definition) is 1. The highest BCUT2D eigenvalue weighted by atomic mass is 16.3. The average molecular weight is 247 g/mol. The molecular formula is C15H21NO2. The van der Waals surface area contributed by atoms with Crippen LogP contribution in [-0.4, -0.2) is 23.7 Å². The summed E-state index contributed by atoms with van der Waals surface area (Å²) in [5.41, 5.74) is 2.34. The van der Waals surface area contributed by atoms with E-state index < -0.39 is 0 Å². The van der Waals surface area contributed by atoms with E-state index in [9.17, 15) is 4.79 Å². The highest BCUT2D eigenvalue weighted by Crippen LogP contribution is 2.31. The Balaban J connectivity index is 2.13. The number of carbonyl (C=O) groups is 1. The van der Waals surface area contributed by atoms with Crippen LogP contribution in [0.3, 0.4) is 0 Å². The lowest BCUT2D eigenvalue weighted by atomic mass is 9.96. The van der Waals surface area contributed by atoms with Gasteiger partial charge in [-0.05, 0) is 44.2 Å². The number of amides is 1.